The summed E-state index contributed by atoms with van der Waals surface area (Å²) in [6, 6.07) is 4.49. The van der Waals surface area contributed by atoms with Crippen LogP contribution in [-0.4, -0.2) is 24.5 Å². The highest BCUT2D eigenvalue weighted by Crippen LogP contribution is 2.36. The van der Waals surface area contributed by atoms with Gasteiger partial charge in [0.15, 0.2) is 0 Å². The first-order valence-electron chi connectivity index (χ1n) is 6.29. The van der Waals surface area contributed by atoms with Crippen LogP contribution in [0.4, 0.5) is 0 Å². The standard InChI is InChI=1S/C14H13Cl2NO3S/c1-3-20-14(19)7(2)17-13(18)12-11(16)9-5-4-8(15)6-10(9)21-12/h4-7H,3H2,1-2H3,(H,17,18). The molecule has 0 radical (unpaired) electrons. The van der Waals surface area contributed by atoms with Gasteiger partial charge in [0.2, 0.25) is 0 Å². The van der Waals surface area contributed by atoms with Crippen LogP contribution in [0.25, 0.3) is 10.1 Å². The highest BCUT2D eigenvalue weighted by Gasteiger charge is 2.22. The van der Waals surface area contributed by atoms with Crippen molar-refractivity contribution < 1.29 is 14.3 Å². The molecule has 0 fully saturated rings. The van der Waals surface area contributed by atoms with Crippen molar-refractivity contribution in [3.05, 3.63) is 33.1 Å². The zero-order valence-corrected chi connectivity index (χ0v) is 13.7. The predicted octanol–water partition coefficient (Wildman–Crippen LogP) is 3.89. The Labute approximate surface area is 136 Å². The molecule has 1 N–H and O–H groups in total. The van der Waals surface area contributed by atoms with Crippen molar-refractivity contribution in [3.8, 4) is 0 Å². The SMILES string of the molecule is CCOC(=O)C(C)NC(=O)c1sc2cc(Cl)ccc2c1Cl. The number of ether oxygens (including phenoxy) is 1. The van der Waals surface area contributed by atoms with E-state index in [1.165, 1.54) is 11.3 Å². The molecule has 1 atom stereocenters. The van der Waals surface area contributed by atoms with E-state index in [4.69, 9.17) is 27.9 Å². The molecule has 0 aliphatic heterocycles. The van der Waals surface area contributed by atoms with Gasteiger partial charge in [-0.3, -0.25) is 4.79 Å². The van der Waals surface area contributed by atoms with Gasteiger partial charge >= 0.3 is 5.97 Å². The zero-order chi connectivity index (χ0) is 15.6. The summed E-state index contributed by atoms with van der Waals surface area (Å²) in [7, 11) is 0. The van der Waals surface area contributed by atoms with E-state index < -0.39 is 17.9 Å². The molecule has 1 aromatic carbocycles. The summed E-state index contributed by atoms with van der Waals surface area (Å²) in [5.41, 5.74) is 0. The van der Waals surface area contributed by atoms with Gasteiger partial charge in [0.1, 0.15) is 10.9 Å². The van der Waals surface area contributed by atoms with Crippen molar-refractivity contribution in [2.24, 2.45) is 0 Å². The first kappa shape index (κ1) is 16.1. The van der Waals surface area contributed by atoms with Gasteiger partial charge in [-0.1, -0.05) is 29.3 Å². The topological polar surface area (TPSA) is 55.4 Å². The van der Waals surface area contributed by atoms with Gasteiger partial charge in [-0.05, 0) is 26.0 Å². The Hall–Kier alpha value is -1.30. The monoisotopic (exact) mass is 345 g/mol. The molecule has 1 amide bonds. The van der Waals surface area contributed by atoms with Crippen LogP contribution in [0.5, 0.6) is 0 Å². The molecule has 1 aromatic heterocycles. The fourth-order valence-electron chi connectivity index (χ4n) is 1.77. The number of benzene rings is 1. The molecule has 21 heavy (non-hydrogen) atoms. The molecule has 0 saturated carbocycles. The Bertz CT molecular complexity index is 699. The largest absolute Gasteiger partial charge is 0.464 e. The normalized spacial score (nSPS) is 12.2. The third-order valence-electron chi connectivity index (χ3n) is 2.79. The minimum absolute atomic E-state index is 0.265. The Morgan fingerprint density at radius 2 is 2.10 bits per heavy atom. The molecule has 7 heteroatoms. The average Bonchev–Trinajstić information content (AvgIpc) is 2.75. The smallest absolute Gasteiger partial charge is 0.328 e. The number of halogens is 2. The number of carbonyl (C=O) groups excluding carboxylic acids is 2. The maximum Gasteiger partial charge on any atom is 0.328 e. The second-order valence-electron chi connectivity index (χ2n) is 4.33. The van der Waals surface area contributed by atoms with E-state index in [1.807, 2.05) is 0 Å². The molecule has 0 aliphatic carbocycles. The lowest BCUT2D eigenvalue weighted by atomic mass is 10.2. The van der Waals surface area contributed by atoms with Gasteiger partial charge in [-0.25, -0.2) is 4.79 Å². The van der Waals surface area contributed by atoms with Crippen molar-refractivity contribution in [1.29, 1.82) is 0 Å². The molecule has 2 rings (SSSR count). The van der Waals surface area contributed by atoms with Crippen molar-refractivity contribution in [2.45, 2.75) is 19.9 Å². The number of fused-ring (bicyclic) bond motifs is 1. The lowest BCUT2D eigenvalue weighted by molar-refractivity contribution is -0.144. The fraction of sp³-hybridized carbons (Fsp3) is 0.286. The molecule has 0 spiro atoms. The first-order valence-corrected chi connectivity index (χ1v) is 7.86. The maximum atomic E-state index is 12.2. The Morgan fingerprint density at radius 3 is 2.76 bits per heavy atom. The van der Waals surface area contributed by atoms with E-state index in [-0.39, 0.29) is 6.61 Å². The molecule has 1 heterocycles. The van der Waals surface area contributed by atoms with E-state index in [1.54, 1.807) is 32.0 Å². The second kappa shape index (κ2) is 6.64. The lowest BCUT2D eigenvalue weighted by Gasteiger charge is -2.11. The van der Waals surface area contributed by atoms with Crippen LogP contribution in [0.3, 0.4) is 0 Å². The minimum atomic E-state index is -0.734. The average molecular weight is 346 g/mol. The highest BCUT2D eigenvalue weighted by atomic mass is 35.5. The number of carbonyl (C=O) groups is 2. The summed E-state index contributed by atoms with van der Waals surface area (Å²) in [5.74, 6) is -0.885. The molecule has 0 saturated heterocycles. The first-order chi connectivity index (χ1) is 9.93. The Balaban J connectivity index is 2.23. The van der Waals surface area contributed by atoms with E-state index in [9.17, 15) is 9.59 Å². The van der Waals surface area contributed by atoms with Crippen LogP contribution in [0.1, 0.15) is 23.5 Å². The summed E-state index contributed by atoms with van der Waals surface area (Å²) in [6.07, 6.45) is 0. The van der Waals surface area contributed by atoms with E-state index in [0.29, 0.717) is 14.9 Å². The number of thiophene rings is 1. The molecule has 0 bridgehead atoms. The number of nitrogens with one attached hydrogen (secondary N) is 1. The number of rotatable bonds is 4. The van der Waals surface area contributed by atoms with Gasteiger partial charge < -0.3 is 10.1 Å². The summed E-state index contributed by atoms with van der Waals surface area (Å²) < 4.78 is 5.67. The summed E-state index contributed by atoms with van der Waals surface area (Å²) in [6.45, 7) is 3.54. The van der Waals surface area contributed by atoms with Crippen LogP contribution in [0.2, 0.25) is 10.0 Å². The molecule has 1 unspecified atom stereocenters. The van der Waals surface area contributed by atoms with Gasteiger partial charge in [0.05, 0.1) is 11.6 Å². The van der Waals surface area contributed by atoms with E-state index >= 15 is 0 Å². The highest BCUT2D eigenvalue weighted by molar-refractivity contribution is 7.21. The predicted molar refractivity (Wildman–Crippen MR) is 85.4 cm³/mol. The number of esters is 1. The van der Waals surface area contributed by atoms with Crippen LogP contribution in [-0.2, 0) is 9.53 Å². The molecule has 112 valence electrons. The van der Waals surface area contributed by atoms with Gasteiger partial charge in [-0.2, -0.15) is 0 Å². The molecular formula is C14H13Cl2NO3S. The van der Waals surface area contributed by atoms with Crippen molar-refractivity contribution in [2.75, 3.05) is 6.61 Å². The zero-order valence-electron chi connectivity index (χ0n) is 11.4. The number of hydrogen-bond acceptors (Lipinski definition) is 4. The van der Waals surface area contributed by atoms with Crippen molar-refractivity contribution in [1.82, 2.24) is 5.32 Å². The molecule has 4 nitrogen and oxygen atoms in total. The van der Waals surface area contributed by atoms with Crippen molar-refractivity contribution in [3.63, 3.8) is 0 Å². The van der Waals surface area contributed by atoms with E-state index in [0.717, 1.165) is 10.1 Å². The summed E-state index contributed by atoms with van der Waals surface area (Å²) in [4.78, 5) is 24.1. The summed E-state index contributed by atoms with van der Waals surface area (Å²) >= 11 is 13.4. The Kier molecular flexibility index (Phi) is 5.08. The fourth-order valence-corrected chi connectivity index (χ4v) is 3.47. The van der Waals surface area contributed by atoms with Crippen LogP contribution < -0.4 is 5.32 Å². The third kappa shape index (κ3) is 3.48. The maximum absolute atomic E-state index is 12.2. The minimum Gasteiger partial charge on any atom is -0.464 e. The third-order valence-corrected chi connectivity index (χ3v) is 4.68. The van der Waals surface area contributed by atoms with Crippen LogP contribution in [0.15, 0.2) is 18.2 Å². The number of amides is 1. The molecule has 2 aromatic rings. The van der Waals surface area contributed by atoms with Gasteiger partial charge in [0.25, 0.3) is 5.91 Å². The van der Waals surface area contributed by atoms with Crippen LogP contribution in [0, 0.1) is 0 Å². The molecular weight excluding hydrogens is 333 g/mol. The second-order valence-corrected chi connectivity index (χ2v) is 6.20. The summed E-state index contributed by atoms with van der Waals surface area (Å²) in [5, 5.41) is 4.28. The van der Waals surface area contributed by atoms with Crippen molar-refractivity contribution >= 4 is 56.5 Å². The van der Waals surface area contributed by atoms with Gasteiger partial charge in [0, 0.05) is 15.1 Å². The van der Waals surface area contributed by atoms with Crippen LogP contribution >= 0.6 is 34.5 Å². The van der Waals surface area contributed by atoms with E-state index in [2.05, 4.69) is 5.32 Å². The number of hydrogen-bond donors (Lipinski definition) is 1. The van der Waals surface area contributed by atoms with Gasteiger partial charge in [-0.15, -0.1) is 11.3 Å². The lowest BCUT2D eigenvalue weighted by Crippen LogP contribution is -2.39. The Morgan fingerprint density at radius 1 is 1.38 bits per heavy atom. The molecule has 0 aliphatic rings. The quantitative estimate of drug-likeness (QED) is 0.855.